The third kappa shape index (κ3) is 6.97. The molecular weight excluding hydrogens is 531 g/mol. The molecule has 1 atom stereocenters. The molecule has 0 aliphatic carbocycles. The summed E-state index contributed by atoms with van der Waals surface area (Å²) in [6, 6.07) is 16.9. The normalized spacial score (nSPS) is 14.4. The number of para-hydroxylation sites is 1. The van der Waals surface area contributed by atoms with E-state index in [0.29, 0.717) is 19.2 Å². The summed E-state index contributed by atoms with van der Waals surface area (Å²) in [5, 5.41) is 3.36. The number of hydrogen-bond donors (Lipinski definition) is 1. The summed E-state index contributed by atoms with van der Waals surface area (Å²) < 4.78 is 27.7. The first-order valence-corrected chi connectivity index (χ1v) is 15.0. The number of halogens is 1. The quantitative estimate of drug-likeness (QED) is 0.165. The van der Waals surface area contributed by atoms with E-state index in [0.717, 1.165) is 91.6 Å². The van der Waals surface area contributed by atoms with Gasteiger partial charge >= 0.3 is 0 Å². The average molecular weight is 573 g/mol. The fraction of sp³-hybridized carbons (Fsp3) is 0.424. The Hall–Kier alpha value is -3.82. The maximum Gasteiger partial charge on any atom is 0.223 e. The Morgan fingerprint density at radius 1 is 1.07 bits per heavy atom. The van der Waals surface area contributed by atoms with E-state index < -0.39 is 0 Å². The van der Waals surface area contributed by atoms with Crippen LogP contribution in [0.15, 0.2) is 60.8 Å². The molecule has 0 fully saturated rings. The van der Waals surface area contributed by atoms with Crippen molar-refractivity contribution >= 4 is 5.95 Å². The fourth-order valence-electron chi connectivity index (χ4n) is 5.58. The van der Waals surface area contributed by atoms with Crippen molar-refractivity contribution in [3.63, 3.8) is 0 Å². The number of unbranched alkanes of at least 4 members (excludes halogenated alkanes) is 1. The van der Waals surface area contributed by atoms with E-state index >= 15 is 0 Å². The van der Waals surface area contributed by atoms with Crippen molar-refractivity contribution in [3.05, 3.63) is 78.0 Å². The molecule has 0 amide bonds. The minimum atomic E-state index is -0.268. The van der Waals surface area contributed by atoms with Crippen molar-refractivity contribution in [3.8, 4) is 28.4 Å². The van der Waals surface area contributed by atoms with Crippen molar-refractivity contribution < 1.29 is 13.9 Å². The average Bonchev–Trinajstić information content (AvgIpc) is 3.57. The molecule has 4 aromatic rings. The van der Waals surface area contributed by atoms with Gasteiger partial charge in [0, 0.05) is 63.1 Å². The zero-order chi connectivity index (χ0) is 29.3. The van der Waals surface area contributed by atoms with E-state index in [1.54, 1.807) is 25.4 Å². The molecule has 42 heavy (non-hydrogen) atoms. The third-order valence-electron chi connectivity index (χ3n) is 7.63. The molecule has 1 aliphatic rings. The van der Waals surface area contributed by atoms with Gasteiger partial charge in [-0.1, -0.05) is 31.5 Å². The largest absolute Gasteiger partial charge is 0.494 e. The lowest BCUT2D eigenvalue weighted by molar-refractivity contribution is 0.133. The molecule has 1 N–H and O–H groups in total. The Kier molecular flexibility index (Phi) is 10.2. The lowest BCUT2D eigenvalue weighted by atomic mass is 10.1. The smallest absolute Gasteiger partial charge is 0.223 e. The van der Waals surface area contributed by atoms with Crippen molar-refractivity contribution in [1.82, 2.24) is 24.4 Å². The van der Waals surface area contributed by atoms with Crippen LogP contribution < -0.4 is 10.1 Å². The molecular formula is C33H41FN6O2. The Morgan fingerprint density at radius 3 is 2.69 bits per heavy atom. The van der Waals surface area contributed by atoms with Gasteiger partial charge in [-0.25, -0.2) is 19.3 Å². The summed E-state index contributed by atoms with van der Waals surface area (Å²) in [5.74, 6) is 2.27. The first kappa shape index (κ1) is 29.7. The van der Waals surface area contributed by atoms with Crippen LogP contribution in [0, 0.1) is 5.82 Å². The molecule has 9 heteroatoms. The summed E-state index contributed by atoms with van der Waals surface area (Å²) in [7, 11) is 1.74. The zero-order valence-electron chi connectivity index (χ0n) is 24.9. The number of hydrogen-bond acceptors (Lipinski definition) is 7. The lowest BCUT2D eigenvalue weighted by Gasteiger charge is -2.28. The van der Waals surface area contributed by atoms with E-state index in [9.17, 15) is 4.39 Å². The van der Waals surface area contributed by atoms with Gasteiger partial charge in [-0.05, 0) is 56.2 Å². The van der Waals surface area contributed by atoms with Crippen molar-refractivity contribution in [2.75, 3.05) is 45.3 Å². The number of fused-ring (bicyclic) bond motifs is 1. The number of aromatic nitrogens is 4. The molecule has 1 unspecified atom stereocenters. The molecule has 222 valence electrons. The van der Waals surface area contributed by atoms with Crippen LogP contribution >= 0.6 is 0 Å². The van der Waals surface area contributed by atoms with Crippen LogP contribution in [-0.2, 0) is 17.7 Å². The molecule has 2 aromatic heterocycles. The van der Waals surface area contributed by atoms with E-state index in [1.165, 1.54) is 12.1 Å². The van der Waals surface area contributed by atoms with Crippen LogP contribution in [0.3, 0.4) is 0 Å². The molecule has 0 radical (unpaired) electrons. The van der Waals surface area contributed by atoms with Crippen LogP contribution in [0.2, 0.25) is 0 Å². The van der Waals surface area contributed by atoms with Crippen molar-refractivity contribution in [2.24, 2.45) is 0 Å². The number of benzene rings is 2. The van der Waals surface area contributed by atoms with E-state index in [1.807, 2.05) is 25.1 Å². The maximum atomic E-state index is 13.9. The van der Waals surface area contributed by atoms with Gasteiger partial charge in [0.25, 0.3) is 0 Å². The van der Waals surface area contributed by atoms with Gasteiger partial charge in [0.2, 0.25) is 5.95 Å². The molecule has 0 saturated heterocycles. The SMILES string of the molecule is CCCCNc1nccc(-c2c(-c3ccc(F)cc3)nc3n2C(CN(CCOC)Cc2ccccc2OCC)CC3)n1. The minimum Gasteiger partial charge on any atom is -0.494 e. The Labute approximate surface area is 247 Å². The number of aryl methyl sites for hydroxylation is 1. The van der Waals surface area contributed by atoms with Gasteiger partial charge in [-0.2, -0.15) is 0 Å². The van der Waals surface area contributed by atoms with Crippen LogP contribution in [0.5, 0.6) is 5.75 Å². The second-order valence-corrected chi connectivity index (χ2v) is 10.6. The molecule has 0 spiro atoms. The zero-order valence-corrected chi connectivity index (χ0v) is 24.9. The Bertz CT molecular complexity index is 1440. The highest BCUT2D eigenvalue weighted by molar-refractivity contribution is 5.78. The topological polar surface area (TPSA) is 77.3 Å². The number of nitrogens with zero attached hydrogens (tertiary/aromatic N) is 5. The minimum absolute atomic E-state index is 0.180. The van der Waals surface area contributed by atoms with E-state index in [2.05, 4.69) is 38.8 Å². The van der Waals surface area contributed by atoms with Crippen molar-refractivity contribution in [1.29, 1.82) is 0 Å². The summed E-state index contributed by atoms with van der Waals surface area (Å²) in [4.78, 5) is 16.9. The number of methoxy groups -OCH3 is 1. The molecule has 8 nitrogen and oxygen atoms in total. The van der Waals surface area contributed by atoms with Gasteiger partial charge in [0.15, 0.2) is 0 Å². The summed E-state index contributed by atoms with van der Waals surface area (Å²) >= 11 is 0. The lowest BCUT2D eigenvalue weighted by Crippen LogP contribution is -2.32. The number of ether oxygens (including phenoxy) is 2. The van der Waals surface area contributed by atoms with E-state index in [4.69, 9.17) is 19.4 Å². The third-order valence-corrected chi connectivity index (χ3v) is 7.63. The maximum absolute atomic E-state index is 13.9. The number of imidazole rings is 1. The van der Waals surface area contributed by atoms with Gasteiger partial charge in [-0.15, -0.1) is 0 Å². The summed E-state index contributed by atoms with van der Waals surface area (Å²) in [6.07, 6.45) is 5.77. The molecule has 5 rings (SSSR count). The molecule has 3 heterocycles. The van der Waals surface area contributed by atoms with Gasteiger partial charge in [-0.3, -0.25) is 4.90 Å². The first-order chi connectivity index (χ1) is 20.6. The number of anilines is 1. The van der Waals surface area contributed by atoms with Gasteiger partial charge in [0.05, 0.1) is 30.3 Å². The van der Waals surface area contributed by atoms with Gasteiger partial charge in [0.1, 0.15) is 17.4 Å². The standard InChI is InChI=1S/C33H41FN6O2/c1-4-6-18-35-33-36-19-17-28(37-33)32-31(24-11-13-26(34)14-12-24)38-30-16-15-27(40(30)32)23-39(20-21-41-3)22-25-9-7-8-10-29(25)42-5-2/h7-14,17,19,27H,4-6,15-16,18,20-23H2,1-3H3,(H,35,36,37). The highest BCUT2D eigenvalue weighted by atomic mass is 19.1. The molecule has 0 bridgehead atoms. The second-order valence-electron chi connectivity index (χ2n) is 10.6. The number of nitrogens with one attached hydrogen (secondary N) is 1. The monoisotopic (exact) mass is 572 g/mol. The molecule has 0 saturated carbocycles. The fourth-order valence-corrected chi connectivity index (χ4v) is 5.58. The van der Waals surface area contributed by atoms with Crippen LogP contribution in [0.1, 0.15) is 50.5 Å². The second kappa shape index (κ2) is 14.4. The summed E-state index contributed by atoms with van der Waals surface area (Å²) in [5.41, 5.74) is 4.59. The van der Waals surface area contributed by atoms with Crippen LogP contribution in [-0.4, -0.2) is 64.4 Å². The highest BCUT2D eigenvalue weighted by Crippen LogP contribution is 2.40. The number of rotatable bonds is 15. The van der Waals surface area contributed by atoms with Gasteiger partial charge < -0.3 is 19.4 Å². The predicted molar refractivity (Wildman–Crippen MR) is 164 cm³/mol. The van der Waals surface area contributed by atoms with Crippen LogP contribution in [0.4, 0.5) is 10.3 Å². The Balaban J connectivity index is 1.51. The van der Waals surface area contributed by atoms with E-state index in [-0.39, 0.29) is 11.9 Å². The van der Waals surface area contributed by atoms with Crippen LogP contribution in [0.25, 0.3) is 22.6 Å². The summed E-state index contributed by atoms with van der Waals surface area (Å²) in [6.45, 7) is 8.60. The predicted octanol–water partition coefficient (Wildman–Crippen LogP) is 6.39. The highest BCUT2D eigenvalue weighted by Gasteiger charge is 2.32. The Morgan fingerprint density at radius 2 is 1.90 bits per heavy atom. The molecule has 1 aliphatic heterocycles. The van der Waals surface area contributed by atoms with Crippen molar-refractivity contribution in [2.45, 2.75) is 52.1 Å². The first-order valence-electron chi connectivity index (χ1n) is 15.0. The molecule has 2 aromatic carbocycles.